The molecule has 2 nitrogen and oxygen atoms in total. The van der Waals surface area contributed by atoms with Crippen LogP contribution in [0.2, 0.25) is 0 Å². The third-order valence-corrected chi connectivity index (χ3v) is 3.88. The normalized spacial score (nSPS) is 23.0. The second-order valence-corrected chi connectivity index (χ2v) is 6.54. The molecular weight excluding hydrogens is 216 g/mol. The van der Waals surface area contributed by atoms with Crippen LogP contribution in [0.1, 0.15) is 20.8 Å². The van der Waals surface area contributed by atoms with E-state index >= 15 is 0 Å². The van der Waals surface area contributed by atoms with Gasteiger partial charge in [0.25, 0.3) is 0 Å². The molecule has 1 fully saturated rings. The molecule has 1 aliphatic heterocycles. The summed E-state index contributed by atoms with van der Waals surface area (Å²) >= 11 is 1.86. The highest BCUT2D eigenvalue weighted by Crippen LogP contribution is 2.21. The number of hydrogen-bond donors (Lipinski definition) is 1. The van der Waals surface area contributed by atoms with E-state index < -0.39 is 0 Å². The predicted molar refractivity (Wildman–Crippen MR) is 73.8 cm³/mol. The van der Waals surface area contributed by atoms with Crippen LogP contribution in [0.15, 0.2) is 0 Å². The minimum atomic E-state index is 0.352. The summed E-state index contributed by atoms with van der Waals surface area (Å²) in [5, 5.41) is 3.61. The monoisotopic (exact) mass is 240 g/mol. The van der Waals surface area contributed by atoms with Gasteiger partial charge in [-0.25, -0.2) is 0 Å². The maximum atomic E-state index is 5.23. The summed E-state index contributed by atoms with van der Waals surface area (Å²) in [6.45, 7) is 11.5. The van der Waals surface area contributed by atoms with E-state index in [1.165, 1.54) is 19.6 Å². The molecule has 0 saturated carbocycles. The fraction of sp³-hybridized carbons (Fsp3) is 0.846. The van der Waals surface area contributed by atoms with Crippen molar-refractivity contribution < 1.29 is 0 Å². The Morgan fingerprint density at radius 1 is 1.50 bits per heavy atom. The molecule has 0 radical (unpaired) electrons. The second-order valence-electron chi connectivity index (χ2n) is 5.43. The van der Waals surface area contributed by atoms with Crippen LogP contribution < -0.4 is 5.32 Å². The van der Waals surface area contributed by atoms with Gasteiger partial charge in [-0.15, -0.1) is 18.2 Å². The lowest BCUT2D eigenvalue weighted by Crippen LogP contribution is -2.56. The van der Waals surface area contributed by atoms with E-state index in [1.54, 1.807) is 0 Å². The zero-order valence-electron chi connectivity index (χ0n) is 10.8. The van der Waals surface area contributed by atoms with E-state index in [1.807, 2.05) is 11.8 Å². The van der Waals surface area contributed by atoms with Crippen molar-refractivity contribution in [3.05, 3.63) is 0 Å². The lowest BCUT2D eigenvalue weighted by Gasteiger charge is -2.40. The fourth-order valence-electron chi connectivity index (χ4n) is 1.92. The zero-order valence-corrected chi connectivity index (χ0v) is 11.6. The van der Waals surface area contributed by atoms with Crippen molar-refractivity contribution >= 4 is 11.8 Å². The highest BCUT2D eigenvalue weighted by atomic mass is 32.2. The van der Waals surface area contributed by atoms with Gasteiger partial charge >= 0.3 is 0 Å². The van der Waals surface area contributed by atoms with Crippen LogP contribution in [0.4, 0.5) is 0 Å². The predicted octanol–water partition coefficient (Wildman–Crippen LogP) is 1.67. The highest BCUT2D eigenvalue weighted by molar-refractivity contribution is 7.99. The van der Waals surface area contributed by atoms with Crippen LogP contribution in [0.5, 0.6) is 0 Å². The van der Waals surface area contributed by atoms with E-state index in [0.717, 1.165) is 18.1 Å². The van der Waals surface area contributed by atoms with Crippen molar-refractivity contribution in [1.29, 1.82) is 0 Å². The Kier molecular flexibility index (Phi) is 5.68. The van der Waals surface area contributed by atoms with Crippen molar-refractivity contribution in [2.24, 2.45) is 5.41 Å². The smallest absolute Gasteiger partial charge is 0.0545 e. The van der Waals surface area contributed by atoms with Crippen molar-refractivity contribution in [1.82, 2.24) is 10.2 Å². The molecule has 0 aromatic carbocycles. The van der Waals surface area contributed by atoms with E-state index in [2.05, 4.69) is 36.9 Å². The van der Waals surface area contributed by atoms with E-state index in [-0.39, 0.29) is 0 Å². The molecule has 16 heavy (non-hydrogen) atoms. The summed E-state index contributed by atoms with van der Waals surface area (Å²) in [6.07, 6.45) is 5.23. The number of terminal acetylenes is 1. The third kappa shape index (κ3) is 4.78. The van der Waals surface area contributed by atoms with Gasteiger partial charge in [-0.05, 0) is 5.41 Å². The van der Waals surface area contributed by atoms with Gasteiger partial charge in [-0.2, -0.15) is 0 Å². The molecular formula is C13H24N2S. The minimum Gasteiger partial charge on any atom is -0.311 e. The first-order valence-corrected chi connectivity index (χ1v) is 7.16. The van der Waals surface area contributed by atoms with Gasteiger partial charge in [-0.1, -0.05) is 26.7 Å². The van der Waals surface area contributed by atoms with E-state index in [0.29, 0.717) is 11.5 Å². The maximum Gasteiger partial charge on any atom is 0.0545 e. The molecule has 3 heteroatoms. The van der Waals surface area contributed by atoms with Crippen LogP contribution in [-0.2, 0) is 0 Å². The van der Waals surface area contributed by atoms with Crippen LogP contribution in [0.25, 0.3) is 0 Å². The summed E-state index contributed by atoms with van der Waals surface area (Å²) in [7, 11) is 0. The topological polar surface area (TPSA) is 15.3 Å². The number of piperazine rings is 1. The molecule has 1 N–H and O–H groups in total. The van der Waals surface area contributed by atoms with Crippen LogP contribution in [0.3, 0.4) is 0 Å². The largest absolute Gasteiger partial charge is 0.311 e. The standard InChI is InChI=1S/C13H24N2S/c1-5-9-16-10-8-15-7-6-14-12(11-15)13(2,3)4/h1,12,14H,6-11H2,2-4H3. The molecule has 1 heterocycles. The summed E-state index contributed by atoms with van der Waals surface area (Å²) in [4.78, 5) is 2.55. The Morgan fingerprint density at radius 3 is 2.88 bits per heavy atom. The number of nitrogens with one attached hydrogen (secondary N) is 1. The summed E-state index contributed by atoms with van der Waals surface area (Å²) in [5.74, 6) is 4.67. The molecule has 0 bridgehead atoms. The van der Waals surface area contributed by atoms with Gasteiger partial charge in [0.15, 0.2) is 0 Å². The number of thioether (sulfide) groups is 1. The fourth-order valence-corrected chi connectivity index (χ4v) is 2.57. The molecule has 0 aromatic heterocycles. The maximum absolute atomic E-state index is 5.23. The molecule has 1 saturated heterocycles. The van der Waals surface area contributed by atoms with Gasteiger partial charge in [0.1, 0.15) is 0 Å². The first kappa shape index (κ1) is 13.9. The molecule has 0 aromatic rings. The number of hydrogen-bond acceptors (Lipinski definition) is 3. The van der Waals surface area contributed by atoms with Gasteiger partial charge in [0.2, 0.25) is 0 Å². The second kappa shape index (κ2) is 6.54. The Labute approximate surface area is 105 Å². The quantitative estimate of drug-likeness (QED) is 0.594. The average molecular weight is 240 g/mol. The van der Waals surface area contributed by atoms with Crippen molar-refractivity contribution in [2.45, 2.75) is 26.8 Å². The Hall–Kier alpha value is -0.170. The van der Waals surface area contributed by atoms with Crippen LogP contribution in [-0.4, -0.2) is 48.6 Å². The SMILES string of the molecule is C#CCSCCN1CCNC(C(C)(C)C)C1. The molecule has 0 amide bonds. The molecule has 1 rings (SSSR count). The Balaban J connectivity index is 2.26. The lowest BCUT2D eigenvalue weighted by molar-refractivity contribution is 0.140. The van der Waals surface area contributed by atoms with Gasteiger partial charge < -0.3 is 5.32 Å². The Bertz CT molecular complexity index is 239. The molecule has 1 unspecified atom stereocenters. The first-order chi connectivity index (χ1) is 7.54. The van der Waals surface area contributed by atoms with Crippen LogP contribution >= 0.6 is 11.8 Å². The summed E-state index contributed by atoms with van der Waals surface area (Å²) in [5.41, 5.74) is 0.352. The van der Waals surface area contributed by atoms with Crippen molar-refractivity contribution in [3.8, 4) is 12.3 Å². The zero-order chi connectivity index (χ0) is 12.0. The highest BCUT2D eigenvalue weighted by Gasteiger charge is 2.28. The molecule has 0 aliphatic carbocycles. The molecule has 0 spiro atoms. The minimum absolute atomic E-state index is 0.352. The van der Waals surface area contributed by atoms with E-state index in [9.17, 15) is 0 Å². The molecule has 1 atom stereocenters. The van der Waals surface area contributed by atoms with Gasteiger partial charge in [0, 0.05) is 38.0 Å². The summed E-state index contributed by atoms with van der Waals surface area (Å²) < 4.78 is 0. The first-order valence-electron chi connectivity index (χ1n) is 6.01. The molecule has 92 valence electrons. The molecule has 1 aliphatic rings. The number of nitrogens with zero attached hydrogens (tertiary/aromatic N) is 1. The third-order valence-electron chi connectivity index (χ3n) is 3.04. The van der Waals surface area contributed by atoms with Crippen molar-refractivity contribution in [3.63, 3.8) is 0 Å². The van der Waals surface area contributed by atoms with Crippen molar-refractivity contribution in [2.75, 3.05) is 37.7 Å². The van der Waals surface area contributed by atoms with Gasteiger partial charge in [0.05, 0.1) is 5.75 Å². The van der Waals surface area contributed by atoms with E-state index in [4.69, 9.17) is 6.42 Å². The number of rotatable bonds is 4. The Morgan fingerprint density at radius 2 is 2.25 bits per heavy atom. The average Bonchev–Trinajstić information content (AvgIpc) is 2.24. The summed E-state index contributed by atoms with van der Waals surface area (Å²) in [6, 6.07) is 0.610. The lowest BCUT2D eigenvalue weighted by atomic mass is 9.85. The van der Waals surface area contributed by atoms with Crippen LogP contribution in [0, 0.1) is 17.8 Å². The van der Waals surface area contributed by atoms with Gasteiger partial charge in [-0.3, -0.25) is 4.90 Å².